The smallest absolute Gasteiger partial charge is 0.264 e. The Bertz CT molecular complexity index is 949. The van der Waals surface area contributed by atoms with Crippen molar-refractivity contribution in [1.29, 1.82) is 0 Å². The molecule has 0 aromatic heterocycles. The van der Waals surface area contributed by atoms with Crippen LogP contribution in [0.2, 0.25) is 10.0 Å². The van der Waals surface area contributed by atoms with E-state index in [0.717, 1.165) is 48.1 Å². The summed E-state index contributed by atoms with van der Waals surface area (Å²) in [6.45, 7) is 4.73. The van der Waals surface area contributed by atoms with E-state index in [2.05, 4.69) is 35.0 Å². The largest absolute Gasteiger partial charge is 0.412 e. The van der Waals surface area contributed by atoms with Gasteiger partial charge < -0.3 is 20.2 Å². The van der Waals surface area contributed by atoms with Crippen molar-refractivity contribution in [2.75, 3.05) is 55.3 Å². The van der Waals surface area contributed by atoms with E-state index in [0.29, 0.717) is 16.6 Å². The van der Waals surface area contributed by atoms with Crippen molar-refractivity contribution >= 4 is 70.7 Å². The molecule has 0 unspecified atom stereocenters. The lowest BCUT2D eigenvalue weighted by Gasteiger charge is -2.35. The number of anilines is 2. The van der Waals surface area contributed by atoms with Crippen LogP contribution in [-0.2, 0) is 4.79 Å². The molecule has 9 heteroatoms. The van der Waals surface area contributed by atoms with Gasteiger partial charge in [0.15, 0.2) is 0 Å². The quantitative estimate of drug-likeness (QED) is 0.581. The summed E-state index contributed by atoms with van der Waals surface area (Å²) in [6, 6.07) is 13.7. The Morgan fingerprint density at radius 3 is 2.39 bits per heavy atom. The van der Waals surface area contributed by atoms with Crippen molar-refractivity contribution < 1.29 is 10.3 Å². The summed E-state index contributed by atoms with van der Waals surface area (Å²) >= 11 is 13.8. The number of thioether (sulfide) groups is 1. The Kier molecular flexibility index (Phi) is 9.55. The molecular formula is C22H26Cl3N3O2S. The van der Waals surface area contributed by atoms with Gasteiger partial charge in [0.2, 0.25) is 0 Å². The van der Waals surface area contributed by atoms with Crippen molar-refractivity contribution in [2.24, 2.45) is 0 Å². The van der Waals surface area contributed by atoms with Crippen LogP contribution in [-0.4, -0.2) is 61.8 Å². The highest BCUT2D eigenvalue weighted by Gasteiger charge is 2.26. The predicted molar refractivity (Wildman–Crippen MR) is 136 cm³/mol. The van der Waals surface area contributed by atoms with Crippen molar-refractivity contribution in [3.8, 4) is 0 Å². The molecule has 2 N–H and O–H groups in total. The van der Waals surface area contributed by atoms with E-state index in [1.807, 2.05) is 18.2 Å². The van der Waals surface area contributed by atoms with Crippen LogP contribution in [0.25, 0.3) is 6.08 Å². The van der Waals surface area contributed by atoms with E-state index in [9.17, 15) is 4.79 Å². The first-order valence-corrected chi connectivity index (χ1v) is 11.4. The van der Waals surface area contributed by atoms with Gasteiger partial charge in [0.05, 0.1) is 15.0 Å². The van der Waals surface area contributed by atoms with Gasteiger partial charge in [0, 0.05) is 49.9 Å². The predicted octanol–water partition coefficient (Wildman–Crippen LogP) is 4.46. The fraction of sp³-hybridized carbons (Fsp3) is 0.318. The Morgan fingerprint density at radius 1 is 0.968 bits per heavy atom. The van der Waals surface area contributed by atoms with E-state index >= 15 is 0 Å². The number of benzene rings is 2. The summed E-state index contributed by atoms with van der Waals surface area (Å²) in [7, 11) is 2.15. The third-order valence-electron chi connectivity index (χ3n) is 5.31. The summed E-state index contributed by atoms with van der Waals surface area (Å²) in [5, 5.41) is 0.951. The monoisotopic (exact) mass is 501 g/mol. The molecule has 2 heterocycles. The van der Waals surface area contributed by atoms with Gasteiger partial charge in [-0.3, -0.25) is 4.79 Å². The molecule has 2 aromatic rings. The Labute approximate surface area is 203 Å². The highest BCUT2D eigenvalue weighted by atomic mass is 35.5. The van der Waals surface area contributed by atoms with E-state index in [1.165, 1.54) is 5.69 Å². The van der Waals surface area contributed by atoms with Gasteiger partial charge in [-0.05, 0) is 43.0 Å². The maximum Gasteiger partial charge on any atom is 0.264 e. The van der Waals surface area contributed by atoms with Gasteiger partial charge in [0.1, 0.15) is 0 Å². The highest BCUT2D eigenvalue weighted by molar-refractivity contribution is 8.04. The lowest BCUT2D eigenvalue weighted by molar-refractivity contribution is -0.114. The van der Waals surface area contributed by atoms with Gasteiger partial charge in [-0.25, -0.2) is 0 Å². The summed E-state index contributed by atoms with van der Waals surface area (Å²) < 4.78 is 0. The molecule has 2 saturated heterocycles. The number of likely N-dealkylation sites (N-methyl/N-ethyl adjacent to an activating group) is 1. The average molecular weight is 503 g/mol. The summed E-state index contributed by atoms with van der Waals surface area (Å²) in [6.07, 6.45) is 2.03. The zero-order chi connectivity index (χ0) is 20.4. The minimum Gasteiger partial charge on any atom is -0.412 e. The Morgan fingerprint density at radius 2 is 1.68 bits per heavy atom. The second kappa shape index (κ2) is 11.5. The number of para-hydroxylation sites is 1. The minimum absolute atomic E-state index is 0. The van der Waals surface area contributed by atoms with Crippen molar-refractivity contribution in [3.05, 3.63) is 63.0 Å². The van der Waals surface area contributed by atoms with Crippen LogP contribution in [0.4, 0.5) is 11.4 Å². The fourth-order valence-electron chi connectivity index (χ4n) is 3.63. The van der Waals surface area contributed by atoms with E-state index in [4.69, 9.17) is 23.2 Å². The van der Waals surface area contributed by atoms with Gasteiger partial charge >= 0.3 is 0 Å². The molecule has 2 fully saturated rings. The second-order valence-corrected chi connectivity index (χ2v) is 9.21. The van der Waals surface area contributed by atoms with Gasteiger partial charge in [-0.15, -0.1) is 24.2 Å². The highest BCUT2D eigenvalue weighted by Crippen LogP contribution is 2.34. The lowest BCUT2D eigenvalue weighted by atomic mass is 10.1. The number of carbonyl (C=O) groups excluding carboxylic acids is 1. The fourth-order valence-corrected chi connectivity index (χ4v) is 4.86. The molecule has 0 atom stereocenters. The molecule has 168 valence electrons. The zero-order valence-electron chi connectivity index (χ0n) is 17.2. The third kappa shape index (κ3) is 5.89. The average Bonchev–Trinajstić information content (AvgIpc) is 2.73. The zero-order valence-corrected chi connectivity index (χ0v) is 20.3. The van der Waals surface area contributed by atoms with Gasteiger partial charge in [-0.2, -0.15) is 0 Å². The Balaban J connectivity index is 0.00000171. The molecule has 2 aliphatic heterocycles. The summed E-state index contributed by atoms with van der Waals surface area (Å²) in [5.74, 6) is 0.849. The number of hydrogen-bond acceptors (Lipinski definition) is 4. The molecule has 0 saturated carbocycles. The van der Waals surface area contributed by atoms with E-state index < -0.39 is 0 Å². The number of nitrogens with zero attached hydrogens (tertiary/aromatic N) is 3. The first-order chi connectivity index (χ1) is 14.0. The molecular weight excluding hydrogens is 477 g/mol. The molecule has 2 aromatic carbocycles. The van der Waals surface area contributed by atoms with Crippen molar-refractivity contribution in [2.45, 2.75) is 0 Å². The lowest BCUT2D eigenvalue weighted by Crippen LogP contribution is -2.44. The molecule has 31 heavy (non-hydrogen) atoms. The third-order valence-corrected chi connectivity index (χ3v) is 7.04. The second-order valence-electron chi connectivity index (χ2n) is 7.26. The van der Waals surface area contributed by atoms with Gasteiger partial charge in [0.25, 0.3) is 5.91 Å². The topological polar surface area (TPSA) is 58.3 Å². The molecule has 4 rings (SSSR count). The maximum absolute atomic E-state index is 13.2. The molecule has 0 aliphatic carbocycles. The number of hydrogen-bond donors (Lipinski definition) is 0. The van der Waals surface area contributed by atoms with Crippen LogP contribution >= 0.6 is 47.4 Å². The van der Waals surface area contributed by atoms with E-state index in [-0.39, 0.29) is 23.8 Å². The molecule has 1 amide bonds. The minimum atomic E-state index is 0. The first-order valence-electron chi connectivity index (χ1n) is 9.67. The normalized spacial score (nSPS) is 18.5. The van der Waals surface area contributed by atoms with Crippen molar-refractivity contribution in [3.63, 3.8) is 0 Å². The molecule has 0 bridgehead atoms. The standard InChI is InChI=1S/C22H23Cl2N3OS.ClH.H2O/c1-25-8-10-26(11-9-25)20-5-3-2-4-16(20)14-21-22(28)27(12-13-29-21)17-6-7-18(23)19(24)15-17;;/h2-7,14-15H,8-13H2,1H3;1H;1H2/b21-14-;;. The van der Waals surface area contributed by atoms with Crippen LogP contribution in [0.5, 0.6) is 0 Å². The molecule has 2 aliphatic rings. The number of rotatable bonds is 3. The summed E-state index contributed by atoms with van der Waals surface area (Å²) in [4.78, 5) is 20.5. The Hall–Kier alpha value is -1.41. The van der Waals surface area contributed by atoms with Crippen LogP contribution in [0, 0.1) is 0 Å². The number of carbonyl (C=O) groups is 1. The number of piperazine rings is 1. The molecule has 0 spiro atoms. The maximum atomic E-state index is 13.2. The van der Waals surface area contributed by atoms with Crippen LogP contribution in [0.1, 0.15) is 5.56 Å². The SMILES string of the molecule is CN1CCN(c2ccccc2/C=C2\SCCN(c3ccc(Cl)c(Cl)c3)C2=O)CC1.Cl.O. The van der Waals surface area contributed by atoms with E-state index in [1.54, 1.807) is 28.8 Å². The molecule has 0 radical (unpaired) electrons. The number of amides is 1. The molecule has 5 nitrogen and oxygen atoms in total. The summed E-state index contributed by atoms with van der Waals surface area (Å²) in [5.41, 5.74) is 3.06. The first kappa shape index (κ1) is 25.8. The van der Waals surface area contributed by atoms with Gasteiger partial charge in [-0.1, -0.05) is 41.4 Å². The van der Waals surface area contributed by atoms with Crippen LogP contribution in [0.3, 0.4) is 0 Å². The van der Waals surface area contributed by atoms with Crippen LogP contribution in [0.15, 0.2) is 47.4 Å². The number of halogens is 3. The van der Waals surface area contributed by atoms with Crippen LogP contribution < -0.4 is 9.80 Å². The van der Waals surface area contributed by atoms with Crippen molar-refractivity contribution in [1.82, 2.24) is 4.90 Å².